The zero-order valence-electron chi connectivity index (χ0n) is 16.6. The number of imide groups is 1. The molecule has 0 bridgehead atoms. The molecule has 0 N–H and O–H groups in total. The first-order valence-corrected chi connectivity index (χ1v) is 10.6. The van der Waals surface area contributed by atoms with Gasteiger partial charge in [0.15, 0.2) is 0 Å². The van der Waals surface area contributed by atoms with Gasteiger partial charge in [0.25, 0.3) is 11.8 Å². The summed E-state index contributed by atoms with van der Waals surface area (Å²) in [5, 5.41) is 0. The predicted octanol–water partition coefficient (Wildman–Crippen LogP) is 3.53. The fourth-order valence-electron chi connectivity index (χ4n) is 4.88. The first-order chi connectivity index (χ1) is 14.2. The second-order valence-electron chi connectivity index (χ2n) is 8.43. The SMILES string of the molecule is O=C1c2ccccc2C(=O)N1CCCCN1CCC2(CC1)Cc1ccccc1O2. The lowest BCUT2D eigenvalue weighted by Gasteiger charge is -2.38. The van der Waals surface area contributed by atoms with Gasteiger partial charge in [0.05, 0.1) is 11.1 Å². The lowest BCUT2D eigenvalue weighted by Crippen LogP contribution is -2.47. The van der Waals surface area contributed by atoms with Crippen LogP contribution in [0.25, 0.3) is 0 Å². The van der Waals surface area contributed by atoms with Gasteiger partial charge >= 0.3 is 0 Å². The largest absolute Gasteiger partial charge is 0.487 e. The maximum Gasteiger partial charge on any atom is 0.261 e. The summed E-state index contributed by atoms with van der Waals surface area (Å²) in [4.78, 5) is 28.7. The third kappa shape index (κ3) is 3.33. The molecule has 2 aromatic carbocycles. The third-order valence-corrected chi connectivity index (χ3v) is 6.56. The summed E-state index contributed by atoms with van der Waals surface area (Å²) in [6.45, 7) is 3.59. The molecular formula is C24H26N2O3. The van der Waals surface area contributed by atoms with Gasteiger partial charge in [-0.1, -0.05) is 30.3 Å². The molecule has 0 atom stereocenters. The van der Waals surface area contributed by atoms with Crippen LogP contribution in [0.15, 0.2) is 48.5 Å². The van der Waals surface area contributed by atoms with Crippen LogP contribution in [-0.4, -0.2) is 53.4 Å². The molecule has 0 aromatic heterocycles. The Morgan fingerprint density at radius 3 is 2.14 bits per heavy atom. The fraction of sp³-hybridized carbons (Fsp3) is 0.417. The quantitative estimate of drug-likeness (QED) is 0.579. The van der Waals surface area contributed by atoms with Crippen LogP contribution in [0.2, 0.25) is 0 Å². The number of para-hydroxylation sites is 1. The summed E-state index contributed by atoms with van der Waals surface area (Å²) in [5.41, 5.74) is 2.40. The Morgan fingerprint density at radius 1 is 0.828 bits per heavy atom. The maximum atomic E-state index is 12.4. The fourth-order valence-corrected chi connectivity index (χ4v) is 4.88. The zero-order valence-corrected chi connectivity index (χ0v) is 16.6. The van der Waals surface area contributed by atoms with Crippen molar-refractivity contribution in [1.82, 2.24) is 9.80 Å². The van der Waals surface area contributed by atoms with Crippen LogP contribution in [-0.2, 0) is 6.42 Å². The Morgan fingerprint density at radius 2 is 1.45 bits per heavy atom. The monoisotopic (exact) mass is 390 g/mol. The molecule has 0 radical (unpaired) electrons. The number of carbonyl (C=O) groups excluding carboxylic acids is 2. The topological polar surface area (TPSA) is 49.9 Å². The Kier molecular flexibility index (Phi) is 4.63. The van der Waals surface area contributed by atoms with Crippen LogP contribution in [0.1, 0.15) is 52.0 Å². The Hall–Kier alpha value is -2.66. The molecule has 1 saturated heterocycles. The summed E-state index contributed by atoms with van der Waals surface area (Å²) < 4.78 is 6.32. The summed E-state index contributed by atoms with van der Waals surface area (Å²) in [5.74, 6) is 0.758. The molecule has 3 heterocycles. The molecule has 5 heteroatoms. The van der Waals surface area contributed by atoms with Gasteiger partial charge in [0.2, 0.25) is 0 Å². The molecule has 0 aliphatic carbocycles. The lowest BCUT2D eigenvalue weighted by molar-refractivity contribution is 0.0188. The Bertz CT molecular complexity index is 885. The predicted molar refractivity (Wildman–Crippen MR) is 110 cm³/mol. The minimum absolute atomic E-state index is 0.0135. The molecule has 0 saturated carbocycles. The molecule has 3 aliphatic rings. The van der Waals surface area contributed by atoms with E-state index in [-0.39, 0.29) is 17.4 Å². The molecule has 2 amide bonds. The summed E-state index contributed by atoms with van der Waals surface area (Å²) in [7, 11) is 0. The number of hydrogen-bond acceptors (Lipinski definition) is 4. The average molecular weight is 390 g/mol. The van der Waals surface area contributed by atoms with Crippen molar-refractivity contribution in [3.8, 4) is 5.75 Å². The van der Waals surface area contributed by atoms with Crippen molar-refractivity contribution in [3.63, 3.8) is 0 Å². The highest BCUT2D eigenvalue weighted by Crippen LogP contribution is 2.40. The second kappa shape index (κ2) is 7.30. The van der Waals surface area contributed by atoms with Crippen molar-refractivity contribution in [1.29, 1.82) is 0 Å². The standard InChI is InChI=1S/C24H26N2O3/c27-22-19-8-2-3-9-20(19)23(28)26(22)14-6-5-13-25-15-11-24(12-16-25)17-18-7-1-4-10-21(18)29-24/h1-4,7-10H,5-6,11-17H2. The minimum Gasteiger partial charge on any atom is -0.487 e. The Balaban J connectivity index is 1.07. The first-order valence-electron chi connectivity index (χ1n) is 10.6. The lowest BCUT2D eigenvalue weighted by atomic mass is 9.87. The van der Waals surface area contributed by atoms with Gasteiger partial charge in [0, 0.05) is 38.9 Å². The average Bonchev–Trinajstić information content (AvgIpc) is 3.22. The van der Waals surface area contributed by atoms with Gasteiger partial charge in [-0.3, -0.25) is 14.5 Å². The smallest absolute Gasteiger partial charge is 0.261 e. The van der Waals surface area contributed by atoms with Crippen LogP contribution >= 0.6 is 0 Å². The van der Waals surface area contributed by atoms with E-state index < -0.39 is 0 Å². The molecule has 5 rings (SSSR count). The van der Waals surface area contributed by atoms with Crippen molar-refractivity contribution in [3.05, 3.63) is 65.2 Å². The van der Waals surface area contributed by atoms with Gasteiger partial charge in [-0.15, -0.1) is 0 Å². The summed E-state index contributed by atoms with van der Waals surface area (Å²) >= 11 is 0. The molecular weight excluding hydrogens is 364 g/mol. The minimum atomic E-state index is -0.150. The van der Waals surface area contributed by atoms with E-state index in [0.717, 1.165) is 57.5 Å². The number of piperidine rings is 1. The molecule has 0 unspecified atom stereocenters. The van der Waals surface area contributed by atoms with Gasteiger partial charge in [-0.25, -0.2) is 0 Å². The van der Waals surface area contributed by atoms with E-state index in [9.17, 15) is 9.59 Å². The zero-order chi connectivity index (χ0) is 19.8. The molecule has 29 heavy (non-hydrogen) atoms. The maximum absolute atomic E-state index is 12.4. The number of amides is 2. The van der Waals surface area contributed by atoms with Crippen molar-refractivity contribution in [2.45, 2.75) is 37.7 Å². The molecule has 5 nitrogen and oxygen atoms in total. The normalized spacial score (nSPS) is 20.1. The van der Waals surface area contributed by atoms with Gasteiger partial charge in [-0.2, -0.15) is 0 Å². The second-order valence-corrected chi connectivity index (χ2v) is 8.43. The third-order valence-electron chi connectivity index (χ3n) is 6.56. The van der Waals surface area contributed by atoms with Gasteiger partial charge in [-0.05, 0) is 43.1 Å². The molecule has 1 fully saturated rings. The number of nitrogens with zero attached hydrogens (tertiary/aromatic N) is 2. The van der Waals surface area contributed by atoms with E-state index >= 15 is 0 Å². The molecule has 3 aliphatic heterocycles. The van der Waals surface area contributed by atoms with Crippen LogP contribution in [0.3, 0.4) is 0 Å². The summed E-state index contributed by atoms with van der Waals surface area (Å²) in [6, 6.07) is 15.5. The number of fused-ring (bicyclic) bond motifs is 2. The van der Waals surface area contributed by atoms with Crippen molar-refractivity contribution in [2.75, 3.05) is 26.2 Å². The van der Waals surface area contributed by atoms with E-state index in [1.807, 2.05) is 18.2 Å². The van der Waals surface area contributed by atoms with E-state index in [4.69, 9.17) is 4.74 Å². The number of likely N-dealkylation sites (tertiary alicyclic amines) is 1. The molecule has 150 valence electrons. The number of hydrogen-bond donors (Lipinski definition) is 0. The highest BCUT2D eigenvalue weighted by molar-refractivity contribution is 6.21. The number of rotatable bonds is 5. The highest BCUT2D eigenvalue weighted by Gasteiger charge is 2.41. The van der Waals surface area contributed by atoms with Crippen molar-refractivity contribution >= 4 is 11.8 Å². The van der Waals surface area contributed by atoms with Crippen molar-refractivity contribution < 1.29 is 14.3 Å². The number of ether oxygens (including phenoxy) is 1. The molecule has 1 spiro atoms. The van der Waals surface area contributed by atoms with Crippen LogP contribution < -0.4 is 4.74 Å². The number of carbonyl (C=O) groups is 2. The highest BCUT2D eigenvalue weighted by atomic mass is 16.5. The molecule has 2 aromatic rings. The number of unbranched alkanes of at least 4 members (excludes halogenated alkanes) is 1. The van der Waals surface area contributed by atoms with E-state index in [1.54, 1.807) is 12.1 Å². The van der Waals surface area contributed by atoms with Gasteiger partial charge in [0.1, 0.15) is 11.4 Å². The van der Waals surface area contributed by atoms with E-state index in [1.165, 1.54) is 10.5 Å². The number of benzene rings is 2. The first kappa shape index (κ1) is 18.4. The summed E-state index contributed by atoms with van der Waals surface area (Å²) in [6.07, 6.45) is 4.97. The van der Waals surface area contributed by atoms with Gasteiger partial charge < -0.3 is 9.64 Å². The van der Waals surface area contributed by atoms with E-state index in [0.29, 0.717) is 17.7 Å². The van der Waals surface area contributed by atoms with Crippen LogP contribution in [0.5, 0.6) is 5.75 Å². The van der Waals surface area contributed by atoms with Crippen LogP contribution in [0.4, 0.5) is 0 Å². The van der Waals surface area contributed by atoms with E-state index in [2.05, 4.69) is 23.1 Å². The van der Waals surface area contributed by atoms with Crippen LogP contribution in [0, 0.1) is 0 Å². The van der Waals surface area contributed by atoms with Crippen molar-refractivity contribution in [2.24, 2.45) is 0 Å². The Labute approximate surface area is 171 Å².